The fourth-order valence-corrected chi connectivity index (χ4v) is 5.31. The van der Waals surface area contributed by atoms with E-state index in [9.17, 15) is 0 Å². The first-order valence-electron chi connectivity index (χ1n) is 10.1. The van der Waals surface area contributed by atoms with Crippen molar-refractivity contribution in [1.82, 2.24) is 19.6 Å². The van der Waals surface area contributed by atoms with Gasteiger partial charge in [-0.3, -0.25) is 0 Å². The maximum absolute atomic E-state index is 6.00. The molecule has 30 heavy (non-hydrogen) atoms. The van der Waals surface area contributed by atoms with E-state index in [0.29, 0.717) is 18.2 Å². The van der Waals surface area contributed by atoms with Crippen LogP contribution in [0.3, 0.4) is 0 Å². The number of aromatic nitrogens is 4. The standard InChI is InChI=1S/C23H20N4O2S/c1-13-6-7-14(2)18(10-13)28-11-15-8-9-17(29-15)21-25-22-20-16-4-3-5-19(16)30-23(20)24-12-27(22)26-21/h6-10,12H,3-5,11H2,1-2H3. The summed E-state index contributed by atoms with van der Waals surface area (Å²) in [6.07, 6.45) is 5.19. The molecule has 0 radical (unpaired) electrons. The van der Waals surface area contributed by atoms with Gasteiger partial charge in [-0.2, -0.15) is 0 Å². The normalized spacial score (nSPS) is 13.4. The maximum Gasteiger partial charge on any atom is 0.217 e. The van der Waals surface area contributed by atoms with E-state index in [1.807, 2.05) is 25.1 Å². The van der Waals surface area contributed by atoms with E-state index >= 15 is 0 Å². The number of fused-ring (bicyclic) bond motifs is 5. The lowest BCUT2D eigenvalue weighted by Crippen LogP contribution is -1.96. The summed E-state index contributed by atoms with van der Waals surface area (Å²) in [5.74, 6) is 2.82. The Morgan fingerprint density at radius 3 is 3.03 bits per heavy atom. The first-order valence-corrected chi connectivity index (χ1v) is 10.9. The molecule has 0 atom stereocenters. The van der Waals surface area contributed by atoms with E-state index in [0.717, 1.165) is 45.8 Å². The van der Waals surface area contributed by atoms with Gasteiger partial charge in [0.2, 0.25) is 5.82 Å². The number of hydrogen-bond acceptors (Lipinski definition) is 6. The molecule has 4 heterocycles. The van der Waals surface area contributed by atoms with Crippen molar-refractivity contribution in [2.24, 2.45) is 0 Å². The second kappa shape index (κ2) is 6.67. The molecule has 6 rings (SSSR count). The van der Waals surface area contributed by atoms with Crippen LogP contribution in [0.5, 0.6) is 5.75 Å². The zero-order valence-corrected chi connectivity index (χ0v) is 17.6. The topological polar surface area (TPSA) is 65.5 Å². The van der Waals surface area contributed by atoms with Crippen molar-refractivity contribution in [3.05, 3.63) is 64.0 Å². The minimum Gasteiger partial charge on any atom is -0.485 e. The number of nitrogens with zero attached hydrogens (tertiary/aromatic N) is 4. The third-order valence-electron chi connectivity index (χ3n) is 5.64. The van der Waals surface area contributed by atoms with Gasteiger partial charge in [0, 0.05) is 4.88 Å². The summed E-state index contributed by atoms with van der Waals surface area (Å²) >= 11 is 1.78. The molecule has 5 aromatic rings. The summed E-state index contributed by atoms with van der Waals surface area (Å²) in [5.41, 5.74) is 4.53. The van der Waals surface area contributed by atoms with Gasteiger partial charge in [0.15, 0.2) is 11.4 Å². The zero-order valence-electron chi connectivity index (χ0n) is 16.8. The average molecular weight is 417 g/mol. The number of rotatable bonds is 4. The fourth-order valence-electron chi connectivity index (χ4n) is 4.08. The molecule has 4 aromatic heterocycles. The second-order valence-corrected chi connectivity index (χ2v) is 8.89. The SMILES string of the molecule is Cc1ccc(C)c(OCc2ccc(-c3nc4c5c6c(sc5ncn4n3)CCC6)o2)c1. The molecule has 0 aliphatic heterocycles. The van der Waals surface area contributed by atoms with Crippen molar-refractivity contribution >= 4 is 27.2 Å². The summed E-state index contributed by atoms with van der Waals surface area (Å²) < 4.78 is 13.7. The summed E-state index contributed by atoms with van der Waals surface area (Å²) in [6.45, 7) is 4.46. The number of aryl methyl sites for hydroxylation is 4. The first-order chi connectivity index (χ1) is 14.7. The molecular formula is C23H20N4O2S. The molecular weight excluding hydrogens is 396 g/mol. The molecule has 0 fully saturated rings. The number of hydrogen-bond donors (Lipinski definition) is 0. The molecule has 1 aromatic carbocycles. The van der Waals surface area contributed by atoms with Crippen molar-refractivity contribution in [2.45, 2.75) is 39.7 Å². The molecule has 0 bridgehead atoms. The van der Waals surface area contributed by atoms with Crippen LogP contribution in [0.15, 0.2) is 41.1 Å². The van der Waals surface area contributed by atoms with E-state index < -0.39 is 0 Å². The summed E-state index contributed by atoms with van der Waals surface area (Å²) in [5, 5.41) is 5.76. The van der Waals surface area contributed by atoms with Crippen LogP contribution < -0.4 is 4.74 Å². The Kier molecular flexibility index (Phi) is 3.92. The highest BCUT2D eigenvalue weighted by Crippen LogP contribution is 2.38. The van der Waals surface area contributed by atoms with Gasteiger partial charge in [0.1, 0.15) is 29.3 Å². The second-order valence-electron chi connectivity index (χ2n) is 7.81. The van der Waals surface area contributed by atoms with Gasteiger partial charge < -0.3 is 9.15 Å². The quantitative estimate of drug-likeness (QED) is 0.399. The Hall–Kier alpha value is -3.19. The van der Waals surface area contributed by atoms with Gasteiger partial charge in [0.05, 0.1) is 5.39 Å². The third-order valence-corrected chi connectivity index (χ3v) is 6.84. The number of furan rings is 1. The lowest BCUT2D eigenvalue weighted by Gasteiger charge is -2.08. The van der Waals surface area contributed by atoms with Crippen LogP contribution >= 0.6 is 11.3 Å². The number of ether oxygens (including phenoxy) is 1. The van der Waals surface area contributed by atoms with Crippen LogP contribution in [0.25, 0.3) is 27.4 Å². The molecule has 7 heteroatoms. The Morgan fingerprint density at radius 2 is 2.10 bits per heavy atom. The van der Waals surface area contributed by atoms with Crippen LogP contribution in [0.4, 0.5) is 0 Å². The van der Waals surface area contributed by atoms with Gasteiger partial charge >= 0.3 is 0 Å². The molecule has 1 aliphatic carbocycles. The van der Waals surface area contributed by atoms with Crippen molar-refractivity contribution in [3.8, 4) is 17.3 Å². The number of benzene rings is 1. The lowest BCUT2D eigenvalue weighted by molar-refractivity contribution is 0.270. The van der Waals surface area contributed by atoms with Crippen LogP contribution in [-0.4, -0.2) is 19.6 Å². The monoisotopic (exact) mass is 416 g/mol. The summed E-state index contributed by atoms with van der Waals surface area (Å²) in [7, 11) is 0. The zero-order chi connectivity index (χ0) is 20.2. The molecule has 150 valence electrons. The highest BCUT2D eigenvalue weighted by Gasteiger charge is 2.22. The first kappa shape index (κ1) is 17.7. The van der Waals surface area contributed by atoms with Crippen LogP contribution in [-0.2, 0) is 19.4 Å². The maximum atomic E-state index is 6.00. The summed E-state index contributed by atoms with van der Waals surface area (Å²) in [6, 6.07) is 10.0. The molecule has 0 saturated carbocycles. The summed E-state index contributed by atoms with van der Waals surface area (Å²) in [4.78, 5) is 11.9. The minimum absolute atomic E-state index is 0.363. The van der Waals surface area contributed by atoms with Crippen LogP contribution in [0, 0.1) is 13.8 Å². The van der Waals surface area contributed by atoms with Gasteiger partial charge in [-0.15, -0.1) is 16.4 Å². The smallest absolute Gasteiger partial charge is 0.217 e. The van der Waals surface area contributed by atoms with Crippen molar-refractivity contribution < 1.29 is 9.15 Å². The van der Waals surface area contributed by atoms with Crippen molar-refractivity contribution in [2.75, 3.05) is 0 Å². The predicted molar refractivity (Wildman–Crippen MR) is 116 cm³/mol. The van der Waals surface area contributed by atoms with E-state index in [-0.39, 0.29) is 0 Å². The Bertz CT molecular complexity index is 1410. The molecule has 0 amide bonds. The lowest BCUT2D eigenvalue weighted by atomic mass is 10.1. The minimum atomic E-state index is 0.363. The van der Waals surface area contributed by atoms with Crippen molar-refractivity contribution in [3.63, 3.8) is 0 Å². The van der Waals surface area contributed by atoms with Gasteiger partial charge in [0.25, 0.3) is 0 Å². The van der Waals surface area contributed by atoms with Crippen LogP contribution in [0.1, 0.15) is 33.7 Å². The highest BCUT2D eigenvalue weighted by atomic mass is 32.1. The molecule has 0 unspecified atom stereocenters. The third kappa shape index (κ3) is 2.81. The largest absolute Gasteiger partial charge is 0.485 e. The molecule has 6 nitrogen and oxygen atoms in total. The Morgan fingerprint density at radius 1 is 1.17 bits per heavy atom. The average Bonchev–Trinajstić information content (AvgIpc) is 3.50. The molecule has 0 spiro atoms. The Balaban J connectivity index is 1.31. The van der Waals surface area contributed by atoms with E-state index in [4.69, 9.17) is 14.1 Å². The van der Waals surface area contributed by atoms with Gasteiger partial charge in [-0.25, -0.2) is 14.5 Å². The molecule has 0 N–H and O–H groups in total. The van der Waals surface area contributed by atoms with Gasteiger partial charge in [-0.05, 0) is 68.0 Å². The van der Waals surface area contributed by atoms with Crippen LogP contribution in [0.2, 0.25) is 0 Å². The predicted octanol–water partition coefficient (Wildman–Crippen LogP) is 5.28. The highest BCUT2D eigenvalue weighted by molar-refractivity contribution is 7.19. The van der Waals surface area contributed by atoms with E-state index in [1.54, 1.807) is 22.2 Å². The number of thiophene rings is 1. The van der Waals surface area contributed by atoms with E-state index in [2.05, 4.69) is 29.1 Å². The van der Waals surface area contributed by atoms with E-state index in [1.165, 1.54) is 22.4 Å². The van der Waals surface area contributed by atoms with Crippen molar-refractivity contribution in [1.29, 1.82) is 0 Å². The molecule has 1 aliphatic rings. The fraction of sp³-hybridized carbons (Fsp3) is 0.261. The van der Waals surface area contributed by atoms with Gasteiger partial charge in [-0.1, -0.05) is 12.1 Å². The Labute approximate surface area is 177 Å². The molecule has 0 saturated heterocycles.